The molecule has 4 aliphatic rings. The largest absolute Gasteiger partial charge is 0.485 e. The maximum absolute atomic E-state index is 6.54. The Balaban J connectivity index is 1.35. The third kappa shape index (κ3) is 4.33. The second-order valence-corrected chi connectivity index (χ2v) is 11.3. The maximum atomic E-state index is 6.54. The molecule has 0 radical (unpaired) electrons. The van der Waals surface area contributed by atoms with E-state index in [9.17, 15) is 0 Å². The molecule has 4 fully saturated rings. The molecule has 3 saturated heterocycles. The first-order valence-corrected chi connectivity index (χ1v) is 14.0. The summed E-state index contributed by atoms with van der Waals surface area (Å²) in [6, 6.07) is 14.0. The minimum absolute atomic E-state index is 0.0728. The Labute approximate surface area is 219 Å². The predicted octanol–water partition coefficient (Wildman–Crippen LogP) is 4.96. The van der Waals surface area contributed by atoms with Crippen molar-refractivity contribution in [3.05, 3.63) is 52.0 Å². The van der Waals surface area contributed by atoms with Gasteiger partial charge in [0.15, 0.2) is 5.75 Å². The van der Waals surface area contributed by atoms with Crippen molar-refractivity contribution >= 4 is 32.7 Å². The SMILES string of the molecule is Brc1c(C2CC2)cc2c(N3CC4CC3CN4)nc(OC3CCOCC3)nc2c1OCc1ccccc1. The van der Waals surface area contributed by atoms with Crippen LogP contribution in [-0.4, -0.2) is 54.5 Å². The summed E-state index contributed by atoms with van der Waals surface area (Å²) in [5, 5.41) is 4.69. The van der Waals surface area contributed by atoms with Crippen LogP contribution < -0.4 is 19.7 Å². The van der Waals surface area contributed by atoms with Gasteiger partial charge in [-0.25, -0.2) is 0 Å². The van der Waals surface area contributed by atoms with Gasteiger partial charge in [-0.2, -0.15) is 9.97 Å². The van der Waals surface area contributed by atoms with Crippen LogP contribution >= 0.6 is 15.9 Å². The van der Waals surface area contributed by atoms with Gasteiger partial charge in [0, 0.05) is 43.4 Å². The number of nitrogens with zero attached hydrogens (tertiary/aromatic N) is 3. The highest BCUT2D eigenvalue weighted by atomic mass is 79.9. The summed E-state index contributed by atoms with van der Waals surface area (Å²) in [7, 11) is 0. The van der Waals surface area contributed by atoms with E-state index in [1.165, 1.54) is 18.4 Å². The number of nitrogens with one attached hydrogen (secondary N) is 1. The molecule has 0 amide bonds. The van der Waals surface area contributed by atoms with Crippen LogP contribution in [0.4, 0.5) is 5.82 Å². The van der Waals surface area contributed by atoms with Crippen molar-refractivity contribution < 1.29 is 14.2 Å². The summed E-state index contributed by atoms with van der Waals surface area (Å²) in [6.07, 6.45) is 5.37. The molecular weight excluding hydrogens is 520 g/mol. The van der Waals surface area contributed by atoms with E-state index in [1.54, 1.807) is 0 Å². The molecule has 1 aliphatic carbocycles. The van der Waals surface area contributed by atoms with E-state index < -0.39 is 0 Å². The fourth-order valence-corrected chi connectivity index (χ4v) is 6.53. The van der Waals surface area contributed by atoms with E-state index in [0.717, 1.165) is 64.9 Å². The molecule has 2 atom stereocenters. The minimum atomic E-state index is 0.0728. The van der Waals surface area contributed by atoms with Crippen LogP contribution in [0, 0.1) is 0 Å². The molecule has 7 nitrogen and oxygen atoms in total. The van der Waals surface area contributed by atoms with Crippen molar-refractivity contribution in [3.63, 3.8) is 0 Å². The molecule has 2 aromatic carbocycles. The molecule has 4 heterocycles. The zero-order valence-corrected chi connectivity index (χ0v) is 21.9. The Morgan fingerprint density at radius 1 is 1.08 bits per heavy atom. The Bertz CT molecular complexity index is 1260. The van der Waals surface area contributed by atoms with Crippen LogP contribution in [0.5, 0.6) is 11.8 Å². The summed E-state index contributed by atoms with van der Waals surface area (Å²) in [6.45, 7) is 3.87. The van der Waals surface area contributed by atoms with Crippen molar-refractivity contribution in [1.29, 1.82) is 0 Å². The van der Waals surface area contributed by atoms with Crippen molar-refractivity contribution in [3.8, 4) is 11.8 Å². The van der Waals surface area contributed by atoms with Crippen molar-refractivity contribution in [2.24, 2.45) is 0 Å². The highest BCUT2D eigenvalue weighted by molar-refractivity contribution is 9.10. The number of benzene rings is 2. The number of hydrogen-bond acceptors (Lipinski definition) is 7. The molecule has 8 heteroatoms. The van der Waals surface area contributed by atoms with Gasteiger partial charge in [0.05, 0.1) is 17.7 Å². The quantitative estimate of drug-likeness (QED) is 0.446. The number of ether oxygens (including phenoxy) is 3. The topological polar surface area (TPSA) is 68.7 Å². The number of piperazine rings is 1. The lowest BCUT2D eigenvalue weighted by Gasteiger charge is -2.30. The van der Waals surface area contributed by atoms with Crippen molar-refractivity contribution in [2.75, 3.05) is 31.2 Å². The lowest BCUT2D eigenvalue weighted by atomic mass is 10.1. The van der Waals surface area contributed by atoms with Gasteiger partial charge in [0.2, 0.25) is 0 Å². The Morgan fingerprint density at radius 3 is 2.64 bits per heavy atom. The number of halogens is 1. The molecule has 1 saturated carbocycles. The lowest BCUT2D eigenvalue weighted by molar-refractivity contribution is 0.0219. The second kappa shape index (κ2) is 9.47. The van der Waals surface area contributed by atoms with E-state index in [2.05, 4.69) is 44.3 Å². The highest BCUT2D eigenvalue weighted by Gasteiger charge is 2.40. The number of aromatic nitrogens is 2. The number of anilines is 1. The summed E-state index contributed by atoms with van der Waals surface area (Å²) in [5.74, 6) is 2.33. The zero-order chi connectivity index (χ0) is 24.1. The van der Waals surface area contributed by atoms with Crippen LogP contribution in [0.1, 0.15) is 49.1 Å². The van der Waals surface area contributed by atoms with E-state index in [0.29, 0.717) is 43.8 Å². The molecule has 7 rings (SSSR count). The number of rotatable bonds is 7. The third-order valence-electron chi connectivity index (χ3n) is 7.88. The first kappa shape index (κ1) is 22.8. The average Bonchev–Trinajstić information content (AvgIpc) is 3.53. The zero-order valence-electron chi connectivity index (χ0n) is 20.3. The molecule has 3 aliphatic heterocycles. The molecule has 1 N–H and O–H groups in total. The monoisotopic (exact) mass is 550 g/mol. The first-order chi connectivity index (χ1) is 17.7. The molecule has 3 aromatic rings. The van der Waals surface area contributed by atoms with E-state index in [1.807, 2.05) is 18.2 Å². The van der Waals surface area contributed by atoms with Crippen LogP contribution in [0.2, 0.25) is 0 Å². The molecule has 2 bridgehead atoms. The number of fused-ring (bicyclic) bond motifs is 3. The number of hydrogen-bond donors (Lipinski definition) is 1. The second-order valence-electron chi connectivity index (χ2n) is 10.5. The highest BCUT2D eigenvalue weighted by Crippen LogP contribution is 2.50. The van der Waals surface area contributed by atoms with Crippen LogP contribution in [-0.2, 0) is 11.3 Å². The van der Waals surface area contributed by atoms with E-state index in [-0.39, 0.29) is 6.10 Å². The van der Waals surface area contributed by atoms with Crippen molar-refractivity contribution in [1.82, 2.24) is 15.3 Å². The van der Waals surface area contributed by atoms with Crippen molar-refractivity contribution in [2.45, 2.75) is 62.8 Å². The van der Waals surface area contributed by atoms with Gasteiger partial charge in [0.25, 0.3) is 0 Å². The Hall–Kier alpha value is -2.42. The third-order valence-corrected chi connectivity index (χ3v) is 8.70. The molecule has 1 aromatic heterocycles. The Morgan fingerprint density at radius 2 is 1.92 bits per heavy atom. The van der Waals surface area contributed by atoms with E-state index in [4.69, 9.17) is 24.2 Å². The van der Waals surface area contributed by atoms with Gasteiger partial charge >= 0.3 is 6.01 Å². The predicted molar refractivity (Wildman–Crippen MR) is 142 cm³/mol. The maximum Gasteiger partial charge on any atom is 0.319 e. The molecule has 188 valence electrons. The standard InChI is InChI=1S/C28H31BrN4O3/c29-24-22(18-6-7-18)13-23-25(26(24)35-16-17-4-2-1-3-5-17)31-28(36-21-8-10-34-11-9-21)32-27(23)33-15-19-12-20(33)14-30-19/h1-5,13,18-21,30H,6-12,14-16H2. The van der Waals surface area contributed by atoms with Gasteiger partial charge < -0.3 is 24.4 Å². The van der Waals surface area contributed by atoms with Gasteiger partial charge in [-0.05, 0) is 58.3 Å². The van der Waals surface area contributed by atoms with E-state index >= 15 is 0 Å². The molecule has 36 heavy (non-hydrogen) atoms. The smallest absolute Gasteiger partial charge is 0.319 e. The molecule has 2 unspecified atom stereocenters. The molecule has 0 spiro atoms. The fraction of sp³-hybridized carbons (Fsp3) is 0.500. The van der Waals surface area contributed by atoms with Crippen LogP contribution in [0.25, 0.3) is 10.9 Å². The lowest BCUT2D eigenvalue weighted by Crippen LogP contribution is -2.44. The fourth-order valence-electron chi connectivity index (χ4n) is 5.79. The van der Waals surface area contributed by atoms with Gasteiger partial charge in [-0.15, -0.1) is 0 Å². The van der Waals surface area contributed by atoms with Gasteiger partial charge in [-0.1, -0.05) is 30.3 Å². The van der Waals surface area contributed by atoms with Crippen LogP contribution in [0.3, 0.4) is 0 Å². The first-order valence-electron chi connectivity index (χ1n) is 13.2. The average molecular weight is 551 g/mol. The van der Waals surface area contributed by atoms with Crippen LogP contribution in [0.15, 0.2) is 40.9 Å². The van der Waals surface area contributed by atoms with Gasteiger partial charge in [0.1, 0.15) is 24.0 Å². The minimum Gasteiger partial charge on any atom is -0.485 e. The normalized spacial score (nSPS) is 24.0. The van der Waals surface area contributed by atoms with Gasteiger partial charge in [-0.3, -0.25) is 0 Å². The summed E-state index contributed by atoms with van der Waals surface area (Å²) >= 11 is 3.91. The summed E-state index contributed by atoms with van der Waals surface area (Å²) in [5.41, 5.74) is 3.26. The summed E-state index contributed by atoms with van der Waals surface area (Å²) in [4.78, 5) is 12.5. The molecular formula is C28H31BrN4O3. The Kier molecular flexibility index (Phi) is 5.98. The summed E-state index contributed by atoms with van der Waals surface area (Å²) < 4.78 is 19.5.